The molecule has 0 N–H and O–H groups in total. The molecule has 0 saturated heterocycles. The molecule has 0 aliphatic heterocycles. The standard InChI is InChI=1S/C16H10.HOP/c1-3-11-7-9-13-5-2-6-14-10-8-12(4-1)15(11)16(13)14;1-2/h1-10H;2H. The molecule has 0 saturated carbocycles. The molecular weight excluding hydrogens is 239 g/mol. The summed E-state index contributed by atoms with van der Waals surface area (Å²) in [6.07, 6.45) is 0. The zero-order valence-corrected chi connectivity index (χ0v) is 10.7. The first kappa shape index (κ1) is 11.1. The van der Waals surface area contributed by atoms with E-state index in [0.717, 1.165) is 0 Å². The van der Waals surface area contributed by atoms with Gasteiger partial charge in [-0.2, -0.15) is 0 Å². The molecular formula is C16H11OP. The van der Waals surface area contributed by atoms with Crippen LogP contribution >= 0.6 is 9.12 Å². The Morgan fingerprint density at radius 1 is 0.500 bits per heavy atom. The third kappa shape index (κ3) is 1.48. The Kier molecular flexibility index (Phi) is 2.70. The van der Waals surface area contributed by atoms with E-state index in [9.17, 15) is 0 Å². The van der Waals surface area contributed by atoms with Gasteiger partial charge in [0, 0.05) is 0 Å². The van der Waals surface area contributed by atoms with E-state index < -0.39 is 0 Å². The van der Waals surface area contributed by atoms with Gasteiger partial charge >= 0.3 is 0 Å². The molecule has 0 atom stereocenters. The van der Waals surface area contributed by atoms with Gasteiger partial charge in [-0.1, -0.05) is 60.7 Å². The molecule has 0 bridgehead atoms. The van der Waals surface area contributed by atoms with E-state index in [1.54, 1.807) is 9.12 Å². The Bertz CT molecular complexity index is 693. The van der Waals surface area contributed by atoms with Crippen molar-refractivity contribution >= 4 is 41.4 Å². The van der Waals surface area contributed by atoms with Crippen molar-refractivity contribution in [2.24, 2.45) is 0 Å². The number of hydrogen-bond acceptors (Lipinski definition) is 1. The Balaban J connectivity index is 0.000000478. The Morgan fingerprint density at radius 3 is 1.06 bits per heavy atom. The zero-order valence-electron chi connectivity index (χ0n) is 9.68. The minimum Gasteiger partial charge on any atom is -0.279 e. The fourth-order valence-corrected chi connectivity index (χ4v) is 2.67. The largest absolute Gasteiger partial charge is 0.279 e. The molecule has 0 radical (unpaired) electrons. The van der Waals surface area contributed by atoms with Crippen LogP contribution in [-0.4, -0.2) is 0 Å². The molecule has 0 spiro atoms. The highest BCUT2D eigenvalue weighted by Crippen LogP contribution is 2.33. The molecule has 4 aromatic rings. The summed E-state index contributed by atoms with van der Waals surface area (Å²) >= 11 is 0. The second-order valence-corrected chi connectivity index (χ2v) is 4.29. The van der Waals surface area contributed by atoms with Crippen LogP contribution < -0.4 is 0 Å². The van der Waals surface area contributed by atoms with Crippen LogP contribution in [0.1, 0.15) is 0 Å². The molecule has 2 heteroatoms. The Morgan fingerprint density at radius 2 is 0.778 bits per heavy atom. The summed E-state index contributed by atoms with van der Waals surface area (Å²) in [6.45, 7) is 0. The van der Waals surface area contributed by atoms with Crippen LogP contribution in [0.15, 0.2) is 60.7 Å². The van der Waals surface area contributed by atoms with Gasteiger partial charge in [0.15, 0.2) is 0 Å². The average molecular weight is 250 g/mol. The van der Waals surface area contributed by atoms with Gasteiger partial charge in [0.2, 0.25) is 0 Å². The van der Waals surface area contributed by atoms with Gasteiger partial charge < -0.3 is 0 Å². The normalized spacial score (nSPS) is 10.7. The van der Waals surface area contributed by atoms with Crippen LogP contribution in [0.5, 0.6) is 0 Å². The summed E-state index contributed by atoms with van der Waals surface area (Å²) in [4.78, 5) is 0. The van der Waals surface area contributed by atoms with E-state index in [4.69, 9.17) is 4.57 Å². The lowest BCUT2D eigenvalue weighted by molar-refractivity contribution is 0.607. The van der Waals surface area contributed by atoms with Gasteiger partial charge in [-0.25, -0.2) is 0 Å². The van der Waals surface area contributed by atoms with Crippen molar-refractivity contribution in [3.63, 3.8) is 0 Å². The minimum absolute atomic E-state index is 1.34. The van der Waals surface area contributed by atoms with Crippen LogP contribution in [-0.2, 0) is 4.57 Å². The minimum atomic E-state index is 1.34. The average Bonchev–Trinajstić information content (AvgIpc) is 2.47. The van der Waals surface area contributed by atoms with Crippen molar-refractivity contribution in [1.82, 2.24) is 0 Å². The van der Waals surface area contributed by atoms with Crippen molar-refractivity contribution < 1.29 is 4.57 Å². The predicted octanol–water partition coefficient (Wildman–Crippen LogP) is 5.06. The van der Waals surface area contributed by atoms with Gasteiger partial charge in [0.25, 0.3) is 0 Å². The lowest BCUT2D eigenvalue weighted by atomic mass is 9.95. The summed E-state index contributed by atoms with van der Waals surface area (Å²) in [5.41, 5.74) is 0. The van der Waals surface area contributed by atoms with Crippen LogP contribution in [0.2, 0.25) is 0 Å². The monoisotopic (exact) mass is 250 g/mol. The molecule has 4 rings (SSSR count). The fraction of sp³-hybridized carbons (Fsp3) is 0. The number of rotatable bonds is 0. The lowest BCUT2D eigenvalue weighted by Gasteiger charge is -2.09. The van der Waals surface area contributed by atoms with Crippen LogP contribution in [0.3, 0.4) is 0 Å². The topological polar surface area (TPSA) is 17.1 Å². The predicted molar refractivity (Wildman–Crippen MR) is 79.1 cm³/mol. The van der Waals surface area contributed by atoms with Gasteiger partial charge in [0.05, 0.1) is 0 Å². The van der Waals surface area contributed by atoms with Crippen molar-refractivity contribution in [3.05, 3.63) is 60.7 Å². The van der Waals surface area contributed by atoms with Crippen molar-refractivity contribution in [2.45, 2.75) is 0 Å². The van der Waals surface area contributed by atoms with E-state index >= 15 is 0 Å². The molecule has 4 aromatic carbocycles. The summed E-state index contributed by atoms with van der Waals surface area (Å²) in [6, 6.07) is 21.9. The van der Waals surface area contributed by atoms with E-state index in [2.05, 4.69) is 60.7 Å². The summed E-state index contributed by atoms with van der Waals surface area (Å²) in [5.74, 6) is 0. The summed E-state index contributed by atoms with van der Waals surface area (Å²) in [5, 5.41) is 8.14. The van der Waals surface area contributed by atoms with Crippen LogP contribution in [0.4, 0.5) is 0 Å². The maximum absolute atomic E-state index is 8.06. The Labute approximate surface area is 107 Å². The highest BCUT2D eigenvalue weighted by atomic mass is 31.0. The molecule has 86 valence electrons. The SMILES string of the molecule is O=P.c1cc2ccc3cccc4ccc(c1)c2c34. The molecule has 0 aliphatic rings. The molecule has 0 fully saturated rings. The van der Waals surface area contributed by atoms with Crippen LogP contribution in [0.25, 0.3) is 32.3 Å². The summed E-state index contributed by atoms with van der Waals surface area (Å²) < 4.78 is 8.06. The van der Waals surface area contributed by atoms with Gasteiger partial charge in [0.1, 0.15) is 9.12 Å². The lowest BCUT2D eigenvalue weighted by Crippen LogP contribution is -1.82. The second-order valence-electron chi connectivity index (χ2n) is 4.29. The maximum Gasteiger partial charge on any atom is 0.138 e. The molecule has 0 aliphatic carbocycles. The molecule has 0 amide bonds. The third-order valence-corrected chi connectivity index (χ3v) is 3.39. The number of hydrogen-bond donors (Lipinski definition) is 0. The van der Waals surface area contributed by atoms with E-state index in [1.807, 2.05) is 0 Å². The molecule has 1 nitrogen and oxygen atoms in total. The first-order valence-electron chi connectivity index (χ1n) is 5.76. The smallest absolute Gasteiger partial charge is 0.138 e. The van der Waals surface area contributed by atoms with E-state index in [1.165, 1.54) is 32.3 Å². The van der Waals surface area contributed by atoms with Crippen molar-refractivity contribution in [1.29, 1.82) is 0 Å². The first-order valence-corrected chi connectivity index (χ1v) is 6.17. The first-order chi connectivity index (χ1) is 8.93. The third-order valence-electron chi connectivity index (χ3n) is 3.39. The van der Waals surface area contributed by atoms with Crippen molar-refractivity contribution in [2.75, 3.05) is 0 Å². The highest BCUT2D eigenvalue weighted by molar-refractivity contribution is 7.00. The highest BCUT2D eigenvalue weighted by Gasteiger charge is 2.05. The van der Waals surface area contributed by atoms with Gasteiger partial charge in [-0.15, -0.1) is 0 Å². The molecule has 0 heterocycles. The molecule has 18 heavy (non-hydrogen) atoms. The molecule has 0 aromatic heterocycles. The zero-order chi connectivity index (χ0) is 12.5. The molecule has 0 unspecified atom stereocenters. The van der Waals surface area contributed by atoms with Gasteiger partial charge in [-0.05, 0) is 32.3 Å². The van der Waals surface area contributed by atoms with Gasteiger partial charge in [-0.3, -0.25) is 4.57 Å². The maximum atomic E-state index is 8.06. The van der Waals surface area contributed by atoms with Crippen LogP contribution in [0, 0.1) is 0 Å². The van der Waals surface area contributed by atoms with Crippen molar-refractivity contribution in [3.8, 4) is 0 Å². The quantitative estimate of drug-likeness (QED) is 0.315. The van der Waals surface area contributed by atoms with E-state index in [0.29, 0.717) is 0 Å². The summed E-state index contributed by atoms with van der Waals surface area (Å²) in [7, 11) is 1.72. The fourth-order valence-electron chi connectivity index (χ4n) is 2.67. The second kappa shape index (κ2) is 4.36. The van der Waals surface area contributed by atoms with E-state index in [-0.39, 0.29) is 0 Å². The number of benzene rings is 4. The Hall–Kier alpha value is -1.98.